The molecule has 0 bridgehead atoms. The molecule has 3 N–H and O–H groups in total. The summed E-state index contributed by atoms with van der Waals surface area (Å²) >= 11 is 5.96. The first-order chi connectivity index (χ1) is 9.65. The maximum atomic E-state index is 12.4. The molecule has 1 unspecified atom stereocenters. The molecule has 5 heteroatoms. The number of benzene rings is 1. The van der Waals surface area contributed by atoms with Crippen molar-refractivity contribution in [1.82, 2.24) is 5.32 Å². The van der Waals surface area contributed by atoms with Gasteiger partial charge in [0.1, 0.15) is 5.75 Å². The highest BCUT2D eigenvalue weighted by Crippen LogP contribution is 2.28. The van der Waals surface area contributed by atoms with Crippen molar-refractivity contribution in [3.8, 4) is 5.75 Å². The summed E-state index contributed by atoms with van der Waals surface area (Å²) in [5.74, 6) is 0.829. The largest absolute Gasteiger partial charge is 0.496 e. The van der Waals surface area contributed by atoms with Gasteiger partial charge in [0.15, 0.2) is 0 Å². The molecule has 1 atom stereocenters. The highest BCUT2D eigenvalue weighted by molar-refractivity contribution is 6.31. The van der Waals surface area contributed by atoms with Crippen molar-refractivity contribution in [2.24, 2.45) is 11.7 Å². The summed E-state index contributed by atoms with van der Waals surface area (Å²) in [5.41, 5.74) is 6.26. The Labute approximate surface area is 124 Å². The van der Waals surface area contributed by atoms with E-state index in [4.69, 9.17) is 22.1 Å². The fourth-order valence-corrected chi connectivity index (χ4v) is 3.00. The van der Waals surface area contributed by atoms with Gasteiger partial charge < -0.3 is 15.8 Å². The summed E-state index contributed by atoms with van der Waals surface area (Å²) in [6.07, 6.45) is 4.71. The zero-order valence-corrected chi connectivity index (χ0v) is 12.5. The molecule has 1 amide bonds. The van der Waals surface area contributed by atoms with Crippen LogP contribution in [-0.2, 0) is 0 Å². The van der Waals surface area contributed by atoms with Gasteiger partial charge in [-0.05, 0) is 37.0 Å². The Bertz CT molecular complexity index is 473. The SMILES string of the molecule is COc1ccc(Cl)cc1C(=O)NC(CN)C1CCCC1. The highest BCUT2D eigenvalue weighted by Gasteiger charge is 2.26. The second-order valence-electron chi connectivity index (χ2n) is 5.20. The van der Waals surface area contributed by atoms with Crippen LogP contribution in [0.3, 0.4) is 0 Å². The van der Waals surface area contributed by atoms with E-state index in [0.29, 0.717) is 28.8 Å². The van der Waals surface area contributed by atoms with E-state index >= 15 is 0 Å². The van der Waals surface area contributed by atoms with Crippen molar-refractivity contribution in [2.45, 2.75) is 31.7 Å². The van der Waals surface area contributed by atoms with Crippen molar-refractivity contribution in [3.05, 3.63) is 28.8 Å². The van der Waals surface area contributed by atoms with Gasteiger partial charge in [-0.15, -0.1) is 0 Å². The fraction of sp³-hybridized carbons (Fsp3) is 0.533. The van der Waals surface area contributed by atoms with Crippen molar-refractivity contribution in [3.63, 3.8) is 0 Å². The minimum absolute atomic E-state index is 0.0219. The monoisotopic (exact) mass is 296 g/mol. The van der Waals surface area contributed by atoms with Gasteiger partial charge in [-0.1, -0.05) is 24.4 Å². The Morgan fingerprint density at radius 3 is 2.80 bits per heavy atom. The van der Waals surface area contributed by atoms with Crippen LogP contribution in [0.5, 0.6) is 5.75 Å². The molecule has 0 heterocycles. The van der Waals surface area contributed by atoms with E-state index in [-0.39, 0.29) is 11.9 Å². The van der Waals surface area contributed by atoms with Gasteiger partial charge in [0.05, 0.1) is 12.7 Å². The Balaban J connectivity index is 2.12. The summed E-state index contributed by atoms with van der Waals surface area (Å²) in [6.45, 7) is 0.458. The molecule has 1 aromatic rings. The minimum atomic E-state index is -0.174. The topological polar surface area (TPSA) is 64.3 Å². The third-order valence-corrected chi connectivity index (χ3v) is 4.18. The lowest BCUT2D eigenvalue weighted by Gasteiger charge is -2.23. The number of carbonyl (C=O) groups excluding carboxylic acids is 1. The first-order valence-electron chi connectivity index (χ1n) is 7.00. The zero-order valence-electron chi connectivity index (χ0n) is 11.7. The molecule has 110 valence electrons. The van der Waals surface area contributed by atoms with Gasteiger partial charge in [-0.3, -0.25) is 4.79 Å². The first-order valence-corrected chi connectivity index (χ1v) is 7.38. The van der Waals surface area contributed by atoms with E-state index in [1.165, 1.54) is 20.0 Å². The Kier molecular flexibility index (Phi) is 5.26. The summed E-state index contributed by atoms with van der Waals surface area (Å²) in [6, 6.07) is 5.05. The van der Waals surface area contributed by atoms with E-state index in [1.54, 1.807) is 18.2 Å². The van der Waals surface area contributed by atoms with Gasteiger partial charge >= 0.3 is 0 Å². The lowest BCUT2D eigenvalue weighted by atomic mass is 9.97. The van der Waals surface area contributed by atoms with Crippen LogP contribution in [0.4, 0.5) is 0 Å². The molecule has 1 aromatic carbocycles. The van der Waals surface area contributed by atoms with Crippen molar-refractivity contribution in [2.75, 3.05) is 13.7 Å². The summed E-state index contributed by atoms with van der Waals surface area (Å²) in [4.78, 5) is 12.4. The molecule has 0 radical (unpaired) electrons. The molecule has 4 nitrogen and oxygen atoms in total. The van der Waals surface area contributed by atoms with Crippen LogP contribution >= 0.6 is 11.6 Å². The number of carbonyl (C=O) groups is 1. The van der Waals surface area contributed by atoms with Crippen molar-refractivity contribution in [1.29, 1.82) is 0 Å². The van der Waals surface area contributed by atoms with Crippen LogP contribution < -0.4 is 15.8 Å². The number of nitrogens with two attached hydrogens (primary N) is 1. The molecule has 1 aliphatic carbocycles. The van der Waals surface area contributed by atoms with E-state index < -0.39 is 0 Å². The van der Waals surface area contributed by atoms with E-state index in [9.17, 15) is 4.79 Å². The number of amides is 1. The number of methoxy groups -OCH3 is 1. The van der Waals surface area contributed by atoms with Gasteiger partial charge in [0.2, 0.25) is 0 Å². The molecule has 20 heavy (non-hydrogen) atoms. The predicted molar refractivity (Wildman–Crippen MR) is 80.3 cm³/mol. The molecule has 0 aliphatic heterocycles. The number of nitrogens with one attached hydrogen (secondary N) is 1. The van der Waals surface area contributed by atoms with Crippen LogP contribution in [0.15, 0.2) is 18.2 Å². The third-order valence-electron chi connectivity index (χ3n) is 3.95. The second-order valence-corrected chi connectivity index (χ2v) is 5.64. The van der Waals surface area contributed by atoms with Gasteiger partial charge in [0.25, 0.3) is 5.91 Å². The molecular weight excluding hydrogens is 276 g/mol. The number of ether oxygens (including phenoxy) is 1. The number of hydrogen-bond acceptors (Lipinski definition) is 3. The van der Waals surface area contributed by atoms with Crippen LogP contribution in [-0.4, -0.2) is 25.6 Å². The van der Waals surface area contributed by atoms with Gasteiger partial charge in [-0.2, -0.15) is 0 Å². The van der Waals surface area contributed by atoms with Crippen LogP contribution in [0.2, 0.25) is 5.02 Å². The maximum absolute atomic E-state index is 12.4. The van der Waals surface area contributed by atoms with Gasteiger partial charge in [0, 0.05) is 17.6 Å². The lowest BCUT2D eigenvalue weighted by molar-refractivity contribution is 0.0921. The Morgan fingerprint density at radius 2 is 2.20 bits per heavy atom. The average molecular weight is 297 g/mol. The predicted octanol–water partition coefficient (Wildman–Crippen LogP) is 2.60. The number of rotatable bonds is 5. The highest BCUT2D eigenvalue weighted by atomic mass is 35.5. The molecule has 1 aliphatic rings. The molecule has 0 spiro atoms. The standard InChI is InChI=1S/C15H21ClN2O2/c1-20-14-7-6-11(16)8-12(14)15(19)18-13(9-17)10-4-2-3-5-10/h6-8,10,13H,2-5,9,17H2,1H3,(H,18,19). The van der Waals surface area contributed by atoms with Crippen molar-refractivity contribution >= 4 is 17.5 Å². The molecule has 1 fully saturated rings. The first kappa shape index (κ1) is 15.1. The molecule has 0 aromatic heterocycles. The lowest BCUT2D eigenvalue weighted by Crippen LogP contribution is -2.44. The molecule has 2 rings (SSSR count). The molecule has 1 saturated carbocycles. The second kappa shape index (κ2) is 6.95. The minimum Gasteiger partial charge on any atom is -0.496 e. The molecule has 0 saturated heterocycles. The van der Waals surface area contributed by atoms with Crippen molar-refractivity contribution < 1.29 is 9.53 Å². The van der Waals surface area contributed by atoms with E-state index in [1.807, 2.05) is 0 Å². The summed E-state index contributed by atoms with van der Waals surface area (Å²) < 4.78 is 5.21. The quantitative estimate of drug-likeness (QED) is 0.878. The van der Waals surface area contributed by atoms with E-state index in [2.05, 4.69) is 5.32 Å². The summed E-state index contributed by atoms with van der Waals surface area (Å²) in [7, 11) is 1.54. The van der Waals surface area contributed by atoms with Crippen LogP contribution in [0, 0.1) is 5.92 Å². The number of hydrogen-bond donors (Lipinski definition) is 2. The zero-order chi connectivity index (χ0) is 14.5. The third kappa shape index (κ3) is 3.44. The Morgan fingerprint density at radius 1 is 1.50 bits per heavy atom. The maximum Gasteiger partial charge on any atom is 0.255 e. The van der Waals surface area contributed by atoms with Crippen LogP contribution in [0.25, 0.3) is 0 Å². The Hall–Kier alpha value is -1.26. The number of halogens is 1. The normalized spacial score (nSPS) is 16.9. The molecular formula is C15H21ClN2O2. The average Bonchev–Trinajstić information content (AvgIpc) is 2.98. The van der Waals surface area contributed by atoms with E-state index in [0.717, 1.165) is 12.8 Å². The smallest absolute Gasteiger partial charge is 0.255 e. The van der Waals surface area contributed by atoms with Crippen LogP contribution in [0.1, 0.15) is 36.0 Å². The van der Waals surface area contributed by atoms with Gasteiger partial charge in [-0.25, -0.2) is 0 Å². The fourth-order valence-electron chi connectivity index (χ4n) is 2.83. The summed E-state index contributed by atoms with van der Waals surface area (Å²) in [5, 5.41) is 3.54.